The van der Waals surface area contributed by atoms with Crippen LogP contribution in [-0.2, 0) is 0 Å². The standard InChI is InChI=1S/C11H20N2S2/c1-2-14-10-6-3-5-9(10)13-11-12-7-4-8-15-11/h9-10H,2-8H2,1H3,(H,12,13). The minimum absolute atomic E-state index is 0.680. The summed E-state index contributed by atoms with van der Waals surface area (Å²) in [6.45, 7) is 3.28. The monoisotopic (exact) mass is 244 g/mol. The van der Waals surface area contributed by atoms with Crippen molar-refractivity contribution in [1.82, 2.24) is 5.32 Å². The summed E-state index contributed by atoms with van der Waals surface area (Å²) in [4.78, 5) is 4.55. The summed E-state index contributed by atoms with van der Waals surface area (Å²) in [6, 6.07) is 0.680. The molecule has 2 nitrogen and oxygen atoms in total. The van der Waals surface area contributed by atoms with Gasteiger partial charge in [-0.05, 0) is 25.0 Å². The Hall–Kier alpha value is 0.170. The molecule has 0 radical (unpaired) electrons. The Balaban J connectivity index is 1.84. The van der Waals surface area contributed by atoms with Crippen molar-refractivity contribution in [1.29, 1.82) is 0 Å². The van der Waals surface area contributed by atoms with Crippen LogP contribution in [0, 0.1) is 0 Å². The first-order valence-electron chi connectivity index (χ1n) is 5.95. The van der Waals surface area contributed by atoms with Crippen LogP contribution >= 0.6 is 23.5 Å². The molecule has 1 fully saturated rings. The van der Waals surface area contributed by atoms with Crippen molar-refractivity contribution in [3.63, 3.8) is 0 Å². The van der Waals surface area contributed by atoms with E-state index < -0.39 is 0 Å². The molecule has 1 aliphatic carbocycles. The second kappa shape index (κ2) is 6.04. The quantitative estimate of drug-likeness (QED) is 0.826. The Morgan fingerprint density at radius 1 is 1.47 bits per heavy atom. The lowest BCUT2D eigenvalue weighted by molar-refractivity contribution is 0.643. The molecule has 4 heteroatoms. The summed E-state index contributed by atoms with van der Waals surface area (Å²) in [7, 11) is 0. The van der Waals surface area contributed by atoms with Crippen molar-refractivity contribution < 1.29 is 0 Å². The summed E-state index contributed by atoms with van der Waals surface area (Å²) >= 11 is 4.01. The van der Waals surface area contributed by atoms with Crippen molar-refractivity contribution in [3.05, 3.63) is 0 Å². The first kappa shape index (κ1) is 11.6. The van der Waals surface area contributed by atoms with Gasteiger partial charge >= 0.3 is 0 Å². The summed E-state index contributed by atoms with van der Waals surface area (Å²) in [5, 5.41) is 5.67. The number of hydrogen-bond acceptors (Lipinski definition) is 4. The van der Waals surface area contributed by atoms with E-state index in [0.29, 0.717) is 6.04 Å². The van der Waals surface area contributed by atoms with Crippen LogP contribution in [0.15, 0.2) is 4.99 Å². The van der Waals surface area contributed by atoms with Crippen LogP contribution < -0.4 is 5.32 Å². The van der Waals surface area contributed by atoms with Gasteiger partial charge in [-0.15, -0.1) is 0 Å². The highest BCUT2D eigenvalue weighted by Gasteiger charge is 2.28. The molecule has 0 spiro atoms. The lowest BCUT2D eigenvalue weighted by Gasteiger charge is -2.23. The number of nitrogens with zero attached hydrogens (tertiary/aromatic N) is 1. The summed E-state index contributed by atoms with van der Waals surface area (Å²) < 4.78 is 0. The smallest absolute Gasteiger partial charge is 0.156 e. The van der Waals surface area contributed by atoms with Gasteiger partial charge in [0.15, 0.2) is 5.17 Å². The normalized spacial score (nSPS) is 31.4. The molecule has 2 rings (SSSR count). The molecule has 1 heterocycles. The highest BCUT2D eigenvalue weighted by molar-refractivity contribution is 8.13. The highest BCUT2D eigenvalue weighted by atomic mass is 32.2. The third-order valence-electron chi connectivity index (χ3n) is 2.94. The molecule has 2 unspecified atom stereocenters. The van der Waals surface area contributed by atoms with Gasteiger partial charge in [-0.25, -0.2) is 0 Å². The Bertz CT molecular complexity index is 231. The van der Waals surface area contributed by atoms with Crippen molar-refractivity contribution in [2.75, 3.05) is 18.1 Å². The molecule has 0 aromatic heterocycles. The Morgan fingerprint density at radius 2 is 2.40 bits per heavy atom. The molecule has 2 atom stereocenters. The van der Waals surface area contributed by atoms with E-state index in [-0.39, 0.29) is 0 Å². The van der Waals surface area contributed by atoms with Gasteiger partial charge in [0.1, 0.15) is 0 Å². The number of nitrogens with one attached hydrogen (secondary N) is 1. The fraction of sp³-hybridized carbons (Fsp3) is 0.909. The van der Waals surface area contributed by atoms with Crippen LogP contribution in [0.2, 0.25) is 0 Å². The molecule has 1 N–H and O–H groups in total. The fourth-order valence-electron chi connectivity index (χ4n) is 2.21. The molecule has 0 amide bonds. The van der Waals surface area contributed by atoms with E-state index in [2.05, 4.69) is 29.0 Å². The third-order valence-corrected chi connectivity index (χ3v) is 5.28. The highest BCUT2D eigenvalue weighted by Crippen LogP contribution is 2.30. The van der Waals surface area contributed by atoms with Crippen LogP contribution in [0.4, 0.5) is 0 Å². The SMILES string of the molecule is CCSC1CCCC1NC1=NCCCS1. The topological polar surface area (TPSA) is 24.4 Å². The van der Waals surface area contributed by atoms with Crippen LogP contribution in [0.1, 0.15) is 32.6 Å². The minimum Gasteiger partial charge on any atom is -0.361 e. The number of rotatable bonds is 3. The van der Waals surface area contributed by atoms with Gasteiger partial charge in [-0.3, -0.25) is 4.99 Å². The molecular formula is C11H20N2S2. The van der Waals surface area contributed by atoms with Gasteiger partial charge in [0, 0.05) is 23.6 Å². The summed E-state index contributed by atoms with van der Waals surface area (Å²) in [6.07, 6.45) is 5.34. The molecule has 0 bridgehead atoms. The zero-order valence-corrected chi connectivity index (χ0v) is 11.0. The predicted molar refractivity (Wildman–Crippen MR) is 72.1 cm³/mol. The maximum atomic E-state index is 4.55. The lowest BCUT2D eigenvalue weighted by atomic mass is 10.2. The maximum absolute atomic E-state index is 4.55. The first-order chi connectivity index (χ1) is 7.40. The van der Waals surface area contributed by atoms with E-state index in [1.807, 2.05) is 11.8 Å². The molecule has 15 heavy (non-hydrogen) atoms. The molecule has 2 aliphatic rings. The average molecular weight is 244 g/mol. The van der Waals surface area contributed by atoms with Crippen molar-refractivity contribution in [2.24, 2.45) is 4.99 Å². The van der Waals surface area contributed by atoms with E-state index in [4.69, 9.17) is 0 Å². The number of hydrogen-bond donors (Lipinski definition) is 1. The Labute approximate surface area is 101 Å². The predicted octanol–water partition coefficient (Wildman–Crippen LogP) is 2.74. The van der Waals surface area contributed by atoms with Gasteiger partial charge in [-0.1, -0.05) is 25.1 Å². The van der Waals surface area contributed by atoms with Gasteiger partial charge in [0.2, 0.25) is 0 Å². The maximum Gasteiger partial charge on any atom is 0.156 e. The van der Waals surface area contributed by atoms with E-state index in [0.717, 1.165) is 11.8 Å². The second-order valence-corrected chi connectivity index (χ2v) is 6.66. The van der Waals surface area contributed by atoms with E-state index in [1.165, 1.54) is 42.4 Å². The summed E-state index contributed by atoms with van der Waals surface area (Å²) in [5.74, 6) is 2.48. The van der Waals surface area contributed by atoms with E-state index in [9.17, 15) is 0 Å². The van der Waals surface area contributed by atoms with Crippen molar-refractivity contribution in [3.8, 4) is 0 Å². The van der Waals surface area contributed by atoms with Crippen molar-refractivity contribution >= 4 is 28.7 Å². The Morgan fingerprint density at radius 3 is 3.13 bits per heavy atom. The van der Waals surface area contributed by atoms with E-state index in [1.54, 1.807) is 0 Å². The van der Waals surface area contributed by atoms with Crippen LogP contribution in [0.25, 0.3) is 0 Å². The molecule has 1 aliphatic heterocycles. The summed E-state index contributed by atoms with van der Waals surface area (Å²) in [5.41, 5.74) is 0. The molecule has 1 saturated carbocycles. The number of amidine groups is 1. The molecule has 86 valence electrons. The molecule has 0 aromatic rings. The first-order valence-corrected chi connectivity index (χ1v) is 7.99. The molecular weight excluding hydrogens is 224 g/mol. The van der Waals surface area contributed by atoms with Gasteiger partial charge in [-0.2, -0.15) is 11.8 Å². The number of thioether (sulfide) groups is 2. The molecule has 0 saturated heterocycles. The van der Waals surface area contributed by atoms with Crippen molar-refractivity contribution in [2.45, 2.75) is 43.9 Å². The molecule has 0 aromatic carbocycles. The minimum atomic E-state index is 0.680. The number of aliphatic imine (C=N–C) groups is 1. The van der Waals surface area contributed by atoms with Crippen LogP contribution in [0.5, 0.6) is 0 Å². The van der Waals surface area contributed by atoms with Gasteiger partial charge in [0.25, 0.3) is 0 Å². The van der Waals surface area contributed by atoms with Crippen LogP contribution in [0.3, 0.4) is 0 Å². The van der Waals surface area contributed by atoms with E-state index >= 15 is 0 Å². The van der Waals surface area contributed by atoms with Gasteiger partial charge in [0.05, 0.1) is 0 Å². The zero-order chi connectivity index (χ0) is 10.5. The zero-order valence-electron chi connectivity index (χ0n) is 9.37. The van der Waals surface area contributed by atoms with Gasteiger partial charge < -0.3 is 5.32 Å². The average Bonchev–Trinajstić information content (AvgIpc) is 2.68. The lowest BCUT2D eigenvalue weighted by Crippen LogP contribution is -2.38. The largest absolute Gasteiger partial charge is 0.361 e. The third kappa shape index (κ3) is 3.31. The second-order valence-electron chi connectivity index (χ2n) is 4.06. The fourth-order valence-corrected chi connectivity index (χ4v) is 4.29. The Kier molecular flexibility index (Phi) is 4.69. The van der Waals surface area contributed by atoms with Crippen LogP contribution in [-0.4, -0.2) is 34.5 Å².